The van der Waals surface area contributed by atoms with Crippen LogP contribution >= 0.6 is 118 Å². The second kappa shape index (κ2) is 77.8. The number of aliphatic hydroxyl groups excluding tert-OH is 1. The molecule has 0 aromatic carbocycles. The van der Waals surface area contributed by atoms with Crippen LogP contribution in [0.4, 0.5) is 0 Å². The normalized spacial score (nSPS) is 11.0. The molecule has 0 bridgehead atoms. The molecule has 0 saturated carbocycles. The van der Waals surface area contributed by atoms with Crippen LogP contribution in [-0.4, -0.2) is 152 Å². The van der Waals surface area contributed by atoms with Gasteiger partial charge in [-0.25, -0.2) is 0 Å². The summed E-state index contributed by atoms with van der Waals surface area (Å²) < 4.78 is 0. The monoisotopic (exact) mass is 1220 g/mol. The molecule has 0 aromatic rings. The van der Waals surface area contributed by atoms with Gasteiger partial charge in [-0.15, -0.1) is 0 Å². The average molecular weight is 1230 g/mol. The number of carbonyl (C=O) groups is 1. The van der Waals surface area contributed by atoms with E-state index in [-0.39, 0.29) is 174 Å². The van der Waals surface area contributed by atoms with E-state index in [2.05, 4.69) is 5.73 Å². The van der Waals surface area contributed by atoms with Crippen LogP contribution in [-0.2, 0) is 55.3 Å². The van der Waals surface area contributed by atoms with E-state index in [0.717, 1.165) is 99.2 Å². The Kier molecular flexibility index (Phi) is 126. The molecule has 60 heavy (non-hydrogen) atoms. The van der Waals surface area contributed by atoms with Crippen LogP contribution in [0.2, 0.25) is 0 Å². The van der Waals surface area contributed by atoms with Crippen molar-refractivity contribution in [2.24, 2.45) is 28.7 Å². The van der Waals surface area contributed by atoms with Gasteiger partial charge in [0.05, 0.1) is 0 Å². The summed E-state index contributed by atoms with van der Waals surface area (Å²) in [5.74, 6) is 14.8. The Labute approximate surface area is 540 Å². The van der Waals surface area contributed by atoms with Crippen molar-refractivity contribution in [3.8, 4) is 0 Å². The summed E-state index contributed by atoms with van der Waals surface area (Å²) in [6.45, 7) is 1.31. The van der Waals surface area contributed by atoms with Gasteiger partial charge in [0.15, 0.2) is 0 Å². The zero-order valence-corrected chi connectivity index (χ0v) is 57.9. The minimum atomic E-state index is -0.333. The molecule has 1 amide bonds. The molecule has 0 rings (SSSR count). The van der Waals surface area contributed by atoms with Gasteiger partial charge >= 0.3 is 118 Å². The first-order valence-corrected chi connectivity index (χ1v) is 28.1. The van der Waals surface area contributed by atoms with E-state index in [4.69, 9.17) is 100 Å². The average Bonchev–Trinajstić information content (AvgIpc) is 3.09. The Balaban J connectivity index is -0.0000000646. The summed E-state index contributed by atoms with van der Waals surface area (Å²) >= 11 is 37.7. The van der Waals surface area contributed by atoms with Crippen molar-refractivity contribution < 1.29 is 199 Å². The Hall–Kier alpha value is 7.37. The van der Waals surface area contributed by atoms with E-state index in [1.807, 2.05) is 70.6 Å². The molecule has 0 fully saturated rings. The van der Waals surface area contributed by atoms with Crippen molar-refractivity contribution >= 4 is 195 Å². The molecule has 0 aliphatic rings. The van der Waals surface area contributed by atoms with Gasteiger partial charge in [0, 0.05) is 82.1 Å². The van der Waals surface area contributed by atoms with E-state index < -0.39 is 0 Å². The van der Waals surface area contributed by atoms with Gasteiger partial charge in [-0.3, -0.25) is 49.4 Å². The van der Waals surface area contributed by atoms with Crippen molar-refractivity contribution in [1.82, 2.24) is 0 Å². The minimum Gasteiger partial charge on any atom is -1.00 e. The first kappa shape index (κ1) is 96.8. The van der Waals surface area contributed by atoms with Crippen molar-refractivity contribution in [3.05, 3.63) is 0 Å². The zero-order chi connectivity index (χ0) is 40.6. The first-order chi connectivity index (χ1) is 24.7. The third-order valence-corrected chi connectivity index (χ3v) is 19.5. The van der Waals surface area contributed by atoms with Crippen LogP contribution in [0.3, 0.4) is 0 Å². The number of nitrogens with two attached hydrogens (primary N) is 9. The summed E-state index contributed by atoms with van der Waals surface area (Å²) in [6, 6.07) is 0. The second-order valence-electron chi connectivity index (χ2n) is 9.33. The van der Waals surface area contributed by atoms with Gasteiger partial charge in [-0.05, 0) is 69.1 Å². The van der Waals surface area contributed by atoms with Gasteiger partial charge in [-0.2, -0.15) is 93.6 Å². The van der Waals surface area contributed by atoms with Gasteiger partial charge < -0.3 is 111 Å². The molecule has 0 saturated heterocycles. The maximum Gasteiger partial charge on any atom is 1.00 e. The van der Waals surface area contributed by atoms with Gasteiger partial charge in [0.25, 0.3) is 20.7 Å². The number of primary amides is 1. The Morgan fingerprint density at radius 2 is 0.700 bits per heavy atom. The second-order valence-corrected chi connectivity index (χ2v) is 23.1. The number of amides is 1. The number of hydrogen-bond donors (Lipinski definition) is 10. The molecule has 19 N–H and O–H groups in total. The summed E-state index contributed by atoms with van der Waals surface area (Å²) in [6.07, 6.45) is 0. The maximum atomic E-state index is 9.22. The molecule has 0 aliphatic heterocycles. The first-order valence-electron chi connectivity index (χ1n) is 15.4. The summed E-state index contributed by atoms with van der Waals surface area (Å²) in [5.41, 5.74) is 26.7. The van der Waals surface area contributed by atoms with Crippen LogP contribution in [0, 0.1) is 0 Å². The molecular formula is C27H61Cl4N9Na4O2S14. The number of halogens is 4. The SMILES string of the molecule is CC(N)=O.CO.NC(=[NH2+])SCCSC(CSCC(CSC(N)=[NH2+])SCCSC(N)=[NH2+])CSC(N)=[NH2+].[Cl-].[Cl-].[Cl-].[Cl-].[Na+].[Na+].[Na+].[Na+].[S-]CCSC(C[S-])CSCC(C[S-])SCC[S-]. The predicted molar refractivity (Wildman–Crippen MR) is 266 cm³/mol. The number of amidine groups is 4. The van der Waals surface area contributed by atoms with Crippen molar-refractivity contribution in [2.45, 2.75) is 27.9 Å². The third kappa shape index (κ3) is 88.3. The fraction of sp³-hybridized carbons (Fsp3) is 0.815. The van der Waals surface area contributed by atoms with Gasteiger partial charge in [0.1, 0.15) is 0 Å². The maximum absolute atomic E-state index is 9.22. The molecular weight excluding hydrogens is 1170 g/mol. The Morgan fingerprint density at radius 3 is 0.917 bits per heavy atom. The number of thioether (sulfide) groups is 10. The predicted octanol–water partition coefficient (Wildman–Crippen LogP) is -27.6. The van der Waals surface area contributed by atoms with E-state index >= 15 is 0 Å². The van der Waals surface area contributed by atoms with Crippen molar-refractivity contribution in [3.63, 3.8) is 0 Å². The number of aliphatic hydroxyl groups is 1. The van der Waals surface area contributed by atoms with E-state index in [1.54, 1.807) is 0 Å². The number of rotatable bonds is 28. The molecule has 0 radical (unpaired) electrons. The standard InChI is InChI=1S/C14H30N8S7.C10H22S7.C2H5NO.CH4O.4ClH.4Na/c15-11(16)26-3-1-24-9(7-28-13(19)20)5-23-6-10(8-29-14(21)22)25-2-4-27-12(17)18;11-1-3-16-9(5-13)7-15-8-10(6-14)17-4-2-12;1-2(3)4;1-2;;;;;;;;/h9-10H,1-8H2,(H3,15,16)(H3,17,18)(H3,19,20)(H3,21,22);9-14H,1-8H2;1H3,(H2,3,4);2H,1H3;4*1H;;;;/q;;;;;;;;4*+1/p-4. The third-order valence-electron chi connectivity index (χ3n) is 4.74. The molecule has 11 nitrogen and oxygen atoms in total. The van der Waals surface area contributed by atoms with Crippen LogP contribution < -0.4 is 218 Å². The topological polar surface area (TPSA) is 270 Å². The van der Waals surface area contributed by atoms with Crippen LogP contribution in [0.5, 0.6) is 0 Å². The fourth-order valence-electron chi connectivity index (χ4n) is 2.80. The fourth-order valence-corrected chi connectivity index (χ4v) is 15.1. The number of carbonyl (C=O) groups excluding carboxylic acids is 1. The molecule has 33 heteroatoms. The Bertz CT molecular complexity index is 870. The largest absolute Gasteiger partial charge is 1.00 e. The van der Waals surface area contributed by atoms with Gasteiger partial charge in [-0.1, -0.05) is 0 Å². The van der Waals surface area contributed by atoms with E-state index in [1.165, 1.54) is 54.0 Å². The van der Waals surface area contributed by atoms with Crippen LogP contribution in [0.1, 0.15) is 6.92 Å². The summed E-state index contributed by atoms with van der Waals surface area (Å²) in [7, 11) is 1.00. The molecule has 0 aliphatic carbocycles. The van der Waals surface area contributed by atoms with Crippen LogP contribution in [0.15, 0.2) is 0 Å². The minimum absolute atomic E-state index is 0. The molecule has 0 heterocycles. The molecule has 4 atom stereocenters. The summed E-state index contributed by atoms with van der Waals surface area (Å²) in [5, 5.41) is 32.9. The molecule has 0 aromatic heterocycles. The molecule has 4 unspecified atom stereocenters. The molecule has 342 valence electrons. The summed E-state index contributed by atoms with van der Waals surface area (Å²) in [4.78, 5) is 9.22. The van der Waals surface area contributed by atoms with Gasteiger partial charge in [0.2, 0.25) is 5.91 Å². The van der Waals surface area contributed by atoms with E-state index in [9.17, 15) is 4.79 Å². The zero-order valence-electron chi connectivity index (χ0n) is 35.4. The molecule has 0 spiro atoms. The quantitative estimate of drug-likeness (QED) is 0.0115. The van der Waals surface area contributed by atoms with Crippen molar-refractivity contribution in [2.75, 3.05) is 99.2 Å². The number of hydrogen-bond acceptors (Lipinski definition) is 16. The van der Waals surface area contributed by atoms with E-state index in [0.29, 0.717) is 41.7 Å². The Morgan fingerprint density at radius 1 is 0.467 bits per heavy atom. The smallest absolute Gasteiger partial charge is 1.00 e. The van der Waals surface area contributed by atoms with Crippen LogP contribution in [0.25, 0.3) is 0 Å². The van der Waals surface area contributed by atoms with Crippen molar-refractivity contribution in [1.29, 1.82) is 0 Å².